The predicted octanol–water partition coefficient (Wildman–Crippen LogP) is 3.48. The topological polar surface area (TPSA) is 21.3 Å². The average Bonchev–Trinajstić information content (AvgIpc) is 2.44. The van der Waals surface area contributed by atoms with Crippen molar-refractivity contribution in [1.82, 2.24) is 5.32 Å². The summed E-state index contributed by atoms with van der Waals surface area (Å²) >= 11 is 2.00. The molecule has 0 bridgehead atoms. The van der Waals surface area contributed by atoms with Gasteiger partial charge in [-0.1, -0.05) is 30.7 Å². The number of rotatable bonds is 5. The molecule has 1 aromatic rings. The Bertz CT molecular complexity index is 402. The van der Waals surface area contributed by atoms with E-state index in [2.05, 4.69) is 44.3 Å². The normalized spacial score (nSPS) is 21.3. The molecule has 106 valence electrons. The maximum Gasteiger partial charge on any atom is 0.0860 e. The van der Waals surface area contributed by atoms with Gasteiger partial charge in [-0.2, -0.15) is 11.8 Å². The third kappa shape index (κ3) is 3.98. The summed E-state index contributed by atoms with van der Waals surface area (Å²) in [5, 5.41) is 3.69. The van der Waals surface area contributed by atoms with Crippen LogP contribution in [0.15, 0.2) is 18.2 Å². The highest BCUT2D eigenvalue weighted by molar-refractivity contribution is 7.99. The molecule has 0 spiro atoms. The highest BCUT2D eigenvalue weighted by Gasteiger charge is 2.26. The minimum Gasteiger partial charge on any atom is -0.375 e. The summed E-state index contributed by atoms with van der Waals surface area (Å²) < 4.78 is 6.00. The molecule has 0 aliphatic carbocycles. The van der Waals surface area contributed by atoms with E-state index in [0.717, 1.165) is 31.1 Å². The van der Waals surface area contributed by atoms with Gasteiger partial charge in [0.1, 0.15) is 0 Å². The van der Waals surface area contributed by atoms with Crippen LogP contribution in [0.5, 0.6) is 0 Å². The number of benzene rings is 1. The fourth-order valence-corrected chi connectivity index (χ4v) is 3.44. The number of nitrogens with one attached hydrogen (secondary N) is 1. The smallest absolute Gasteiger partial charge is 0.0860 e. The van der Waals surface area contributed by atoms with E-state index in [0.29, 0.717) is 12.1 Å². The van der Waals surface area contributed by atoms with Crippen molar-refractivity contribution in [2.45, 2.75) is 39.3 Å². The zero-order chi connectivity index (χ0) is 13.7. The zero-order valence-electron chi connectivity index (χ0n) is 12.2. The minimum absolute atomic E-state index is 0.297. The van der Waals surface area contributed by atoms with E-state index in [1.807, 2.05) is 11.8 Å². The van der Waals surface area contributed by atoms with E-state index in [1.165, 1.54) is 16.7 Å². The van der Waals surface area contributed by atoms with Gasteiger partial charge < -0.3 is 10.1 Å². The summed E-state index contributed by atoms with van der Waals surface area (Å²) in [5.41, 5.74) is 4.09. The van der Waals surface area contributed by atoms with Crippen molar-refractivity contribution in [3.63, 3.8) is 0 Å². The van der Waals surface area contributed by atoms with Gasteiger partial charge in [0.25, 0.3) is 0 Å². The molecule has 3 heteroatoms. The highest BCUT2D eigenvalue weighted by atomic mass is 32.2. The molecule has 0 saturated carbocycles. The van der Waals surface area contributed by atoms with Crippen LogP contribution in [0.3, 0.4) is 0 Å². The summed E-state index contributed by atoms with van der Waals surface area (Å²) in [7, 11) is 0. The van der Waals surface area contributed by atoms with Crippen molar-refractivity contribution in [3.05, 3.63) is 34.9 Å². The number of thioether (sulfide) groups is 1. The average molecular weight is 279 g/mol. The molecule has 19 heavy (non-hydrogen) atoms. The first-order chi connectivity index (χ1) is 9.22. The van der Waals surface area contributed by atoms with Crippen molar-refractivity contribution >= 4 is 11.8 Å². The van der Waals surface area contributed by atoms with Crippen LogP contribution >= 0.6 is 11.8 Å². The Morgan fingerprint density at radius 1 is 1.42 bits per heavy atom. The quantitative estimate of drug-likeness (QED) is 0.891. The van der Waals surface area contributed by atoms with Gasteiger partial charge in [0.2, 0.25) is 0 Å². The first-order valence-corrected chi connectivity index (χ1v) is 8.37. The van der Waals surface area contributed by atoms with E-state index >= 15 is 0 Å². The Morgan fingerprint density at radius 3 is 2.95 bits per heavy atom. The molecule has 2 rings (SSSR count). The van der Waals surface area contributed by atoms with Crippen LogP contribution in [0.4, 0.5) is 0 Å². The van der Waals surface area contributed by atoms with Gasteiger partial charge in [0, 0.05) is 11.5 Å². The standard InChI is InChI=1S/C16H25NOS/c1-4-7-17-16(15-11-19-9-8-18-15)14-10-12(2)5-6-13(14)3/h5-6,10,15-17H,4,7-9,11H2,1-3H3. The van der Waals surface area contributed by atoms with Crippen LogP contribution in [0, 0.1) is 13.8 Å². The molecule has 2 nitrogen and oxygen atoms in total. The Hall–Kier alpha value is -0.510. The first kappa shape index (κ1) is 14.9. The molecule has 1 aliphatic rings. The van der Waals surface area contributed by atoms with Gasteiger partial charge in [-0.25, -0.2) is 0 Å². The van der Waals surface area contributed by atoms with Crippen molar-refractivity contribution in [1.29, 1.82) is 0 Å². The summed E-state index contributed by atoms with van der Waals surface area (Å²) in [6.07, 6.45) is 1.45. The van der Waals surface area contributed by atoms with Gasteiger partial charge >= 0.3 is 0 Å². The molecule has 2 atom stereocenters. The van der Waals surface area contributed by atoms with Gasteiger partial charge in [0.15, 0.2) is 0 Å². The van der Waals surface area contributed by atoms with Crippen LogP contribution in [0.2, 0.25) is 0 Å². The SMILES string of the molecule is CCCNC(c1cc(C)ccc1C)C1CSCCO1. The van der Waals surface area contributed by atoms with Gasteiger partial charge in [-0.15, -0.1) is 0 Å². The monoisotopic (exact) mass is 279 g/mol. The van der Waals surface area contributed by atoms with Gasteiger partial charge in [0.05, 0.1) is 18.8 Å². The molecule has 1 aliphatic heterocycles. The lowest BCUT2D eigenvalue weighted by atomic mass is 9.95. The Balaban J connectivity index is 2.22. The number of hydrogen-bond donors (Lipinski definition) is 1. The second-order valence-corrected chi connectivity index (χ2v) is 6.43. The molecule has 2 unspecified atom stereocenters. The molecule has 0 radical (unpaired) electrons. The second-order valence-electron chi connectivity index (χ2n) is 5.28. The summed E-state index contributed by atoms with van der Waals surface area (Å²) in [5.74, 6) is 2.22. The van der Waals surface area contributed by atoms with Crippen LogP contribution in [-0.2, 0) is 4.74 Å². The molecular weight excluding hydrogens is 254 g/mol. The van der Waals surface area contributed by atoms with Crippen molar-refractivity contribution < 1.29 is 4.74 Å². The van der Waals surface area contributed by atoms with Gasteiger partial charge in [-0.05, 0) is 37.9 Å². The molecule has 0 aromatic heterocycles. The molecule has 1 fully saturated rings. The maximum atomic E-state index is 6.00. The van der Waals surface area contributed by atoms with Crippen molar-refractivity contribution in [2.24, 2.45) is 0 Å². The number of ether oxygens (including phenoxy) is 1. The molecule has 1 aromatic carbocycles. The van der Waals surface area contributed by atoms with E-state index in [1.54, 1.807) is 0 Å². The van der Waals surface area contributed by atoms with Gasteiger partial charge in [-0.3, -0.25) is 0 Å². The van der Waals surface area contributed by atoms with E-state index in [4.69, 9.17) is 4.74 Å². The highest BCUT2D eigenvalue weighted by Crippen LogP contribution is 2.28. The third-order valence-electron chi connectivity index (χ3n) is 3.60. The van der Waals surface area contributed by atoms with Crippen molar-refractivity contribution in [2.75, 3.05) is 24.7 Å². The summed E-state index contributed by atoms with van der Waals surface area (Å²) in [6, 6.07) is 7.05. The first-order valence-electron chi connectivity index (χ1n) is 7.22. The largest absolute Gasteiger partial charge is 0.375 e. The lowest BCUT2D eigenvalue weighted by Crippen LogP contribution is -2.38. The van der Waals surface area contributed by atoms with Crippen LogP contribution in [0.1, 0.15) is 36.1 Å². The van der Waals surface area contributed by atoms with Crippen LogP contribution in [-0.4, -0.2) is 30.8 Å². The third-order valence-corrected chi connectivity index (χ3v) is 4.62. The lowest BCUT2D eigenvalue weighted by Gasteiger charge is -2.32. The van der Waals surface area contributed by atoms with E-state index in [-0.39, 0.29) is 0 Å². The summed E-state index contributed by atoms with van der Waals surface area (Å²) in [4.78, 5) is 0. The minimum atomic E-state index is 0.297. The predicted molar refractivity (Wildman–Crippen MR) is 84.0 cm³/mol. The molecule has 1 saturated heterocycles. The van der Waals surface area contributed by atoms with Crippen molar-refractivity contribution in [3.8, 4) is 0 Å². The Morgan fingerprint density at radius 2 is 2.26 bits per heavy atom. The molecular formula is C16H25NOS. The number of aryl methyl sites for hydroxylation is 2. The second kappa shape index (κ2) is 7.32. The molecule has 1 N–H and O–H groups in total. The van der Waals surface area contributed by atoms with E-state index in [9.17, 15) is 0 Å². The van der Waals surface area contributed by atoms with Crippen LogP contribution in [0.25, 0.3) is 0 Å². The fraction of sp³-hybridized carbons (Fsp3) is 0.625. The maximum absolute atomic E-state index is 6.00. The fourth-order valence-electron chi connectivity index (χ4n) is 2.53. The Labute approximate surface area is 121 Å². The lowest BCUT2D eigenvalue weighted by molar-refractivity contribution is 0.0466. The number of hydrogen-bond acceptors (Lipinski definition) is 3. The summed E-state index contributed by atoms with van der Waals surface area (Å²) in [6.45, 7) is 8.50. The van der Waals surface area contributed by atoms with E-state index < -0.39 is 0 Å². The van der Waals surface area contributed by atoms with Crippen LogP contribution < -0.4 is 5.32 Å². The Kier molecular flexibility index (Phi) is 5.74. The zero-order valence-corrected chi connectivity index (χ0v) is 13.1. The molecule has 0 amide bonds. The molecule has 1 heterocycles.